The highest BCUT2D eigenvalue weighted by Crippen LogP contribution is 2.40. The van der Waals surface area contributed by atoms with Crippen LogP contribution in [0.4, 0.5) is 17.1 Å². The molecule has 12 nitrogen and oxygen atoms in total. The number of anilines is 3. The van der Waals surface area contributed by atoms with Crippen molar-refractivity contribution in [3.63, 3.8) is 0 Å². The Morgan fingerprint density at radius 2 is 1.70 bits per heavy atom. The van der Waals surface area contributed by atoms with Gasteiger partial charge in [0.1, 0.15) is 0 Å². The van der Waals surface area contributed by atoms with Crippen molar-refractivity contribution in [3.8, 4) is 0 Å². The molecule has 2 N–H and O–H groups in total. The number of esters is 1. The Labute approximate surface area is 273 Å². The van der Waals surface area contributed by atoms with Gasteiger partial charge >= 0.3 is 5.97 Å². The molecule has 0 spiro atoms. The molecule has 2 amide bonds. The highest BCUT2D eigenvalue weighted by atomic mass is 32.2. The fraction of sp³-hybridized carbons (Fsp3) is 0.412. The number of carbonyl (C=O) groups excluding carboxylic acids is 3. The van der Waals surface area contributed by atoms with E-state index in [1.54, 1.807) is 42.2 Å². The van der Waals surface area contributed by atoms with Gasteiger partial charge in [0.25, 0.3) is 21.5 Å². The first kappa shape index (κ1) is 32.3. The van der Waals surface area contributed by atoms with Gasteiger partial charge in [0, 0.05) is 68.6 Å². The second-order valence-corrected chi connectivity index (χ2v) is 14.1. The maximum Gasteiger partial charge on any atom is 0.309 e. The summed E-state index contributed by atoms with van der Waals surface area (Å²) in [6.45, 7) is 6.01. The lowest BCUT2D eigenvalue weighted by molar-refractivity contribution is -0.149. The van der Waals surface area contributed by atoms with Crippen LogP contribution in [0.3, 0.4) is 0 Å². The number of fused-ring (bicyclic) bond motifs is 4. The molecule has 3 aromatic rings. The number of amides is 2. The number of aromatic nitrogens is 1. The van der Waals surface area contributed by atoms with Gasteiger partial charge in [-0.15, -0.1) is 0 Å². The maximum atomic E-state index is 13.7. The number of benzene rings is 2. The van der Waals surface area contributed by atoms with Gasteiger partial charge in [-0.05, 0) is 80.6 Å². The number of piperidine rings is 2. The van der Waals surface area contributed by atoms with Gasteiger partial charge in [-0.25, -0.2) is 8.42 Å². The molecular weight excluding hydrogens is 622 g/mol. The van der Waals surface area contributed by atoms with Crippen LogP contribution >= 0.6 is 0 Å². The lowest BCUT2D eigenvalue weighted by Crippen LogP contribution is -2.47. The lowest BCUT2D eigenvalue weighted by atomic mass is 9.83. The molecule has 248 valence electrons. The number of hydrogen-bond acceptors (Lipinski definition) is 8. The molecule has 2 aromatic carbocycles. The number of likely N-dealkylation sites (tertiary alicyclic amines) is 1. The molecule has 2 unspecified atom stereocenters. The quantitative estimate of drug-likeness (QED) is 0.348. The maximum absolute atomic E-state index is 13.7. The minimum Gasteiger partial charge on any atom is -0.466 e. The molecule has 3 aliphatic heterocycles. The fourth-order valence-corrected chi connectivity index (χ4v) is 8.07. The first-order valence-corrected chi connectivity index (χ1v) is 17.5. The van der Waals surface area contributed by atoms with E-state index in [0.29, 0.717) is 69.1 Å². The van der Waals surface area contributed by atoms with Crippen LogP contribution in [0.5, 0.6) is 0 Å². The third-order valence-electron chi connectivity index (χ3n) is 9.20. The van der Waals surface area contributed by atoms with E-state index in [4.69, 9.17) is 4.74 Å². The summed E-state index contributed by atoms with van der Waals surface area (Å²) in [4.78, 5) is 53.7. The Kier molecular flexibility index (Phi) is 9.09. The van der Waals surface area contributed by atoms with Gasteiger partial charge in [0.05, 0.1) is 28.8 Å². The van der Waals surface area contributed by atoms with Gasteiger partial charge in [-0.2, -0.15) is 0 Å². The standard InChI is InChI=1S/C34H39N5O7S/c1-3-46-34(43)24-13-15-37(16-14-24)33(42)25-7-12-31(38-19-23-17-26(21-38)30-5-4-6-32(41)39(30)20-23)29(18-25)36-47(44,45)28-10-8-27(9-11-28)35-22(2)40/h4-12,18,23-24,26,36H,3,13-17,19-21H2,1-2H3,(H,35,40). The first-order chi connectivity index (χ1) is 22.5. The number of hydrogen-bond donors (Lipinski definition) is 2. The molecule has 0 radical (unpaired) electrons. The molecule has 2 fully saturated rings. The van der Waals surface area contributed by atoms with Gasteiger partial charge in [0.2, 0.25) is 5.91 Å². The smallest absolute Gasteiger partial charge is 0.309 e. The molecule has 6 rings (SSSR count). The second kappa shape index (κ2) is 13.2. The van der Waals surface area contributed by atoms with Crippen molar-refractivity contribution >= 4 is 44.9 Å². The van der Waals surface area contributed by atoms with Crippen LogP contribution in [-0.2, 0) is 30.9 Å². The Morgan fingerprint density at radius 3 is 2.40 bits per heavy atom. The van der Waals surface area contributed by atoms with Crippen molar-refractivity contribution in [3.05, 3.63) is 82.3 Å². The molecule has 4 heterocycles. The SMILES string of the molecule is CCOC(=O)C1CCN(C(=O)c2ccc(N3CC4CC(C3)c3cccc(=O)n3C4)c(NS(=O)(=O)c3ccc(NC(C)=O)cc3)c2)CC1. The molecule has 3 aliphatic rings. The minimum absolute atomic E-state index is 0.000800. The topological polar surface area (TPSA) is 147 Å². The Hall–Kier alpha value is -4.65. The summed E-state index contributed by atoms with van der Waals surface area (Å²) in [5.74, 6) is -0.736. The molecule has 2 saturated heterocycles. The monoisotopic (exact) mass is 661 g/mol. The summed E-state index contributed by atoms with van der Waals surface area (Å²) in [5.41, 5.74) is 2.67. The predicted octanol–water partition coefficient (Wildman–Crippen LogP) is 3.65. The largest absolute Gasteiger partial charge is 0.466 e. The number of ether oxygens (including phenoxy) is 1. The van der Waals surface area contributed by atoms with Crippen LogP contribution in [-0.4, -0.2) is 68.5 Å². The molecule has 2 bridgehead atoms. The van der Waals surface area contributed by atoms with Crippen molar-refractivity contribution in [2.24, 2.45) is 11.8 Å². The van der Waals surface area contributed by atoms with Crippen molar-refractivity contribution in [2.45, 2.75) is 50.5 Å². The summed E-state index contributed by atoms with van der Waals surface area (Å²) in [5, 5.41) is 2.63. The third kappa shape index (κ3) is 6.90. The van der Waals surface area contributed by atoms with Crippen molar-refractivity contribution < 1.29 is 27.5 Å². The third-order valence-corrected chi connectivity index (χ3v) is 10.6. The van der Waals surface area contributed by atoms with Crippen molar-refractivity contribution in [2.75, 3.05) is 47.7 Å². The molecule has 1 aromatic heterocycles. The Morgan fingerprint density at radius 1 is 0.957 bits per heavy atom. The van der Waals surface area contributed by atoms with E-state index in [9.17, 15) is 27.6 Å². The molecule has 47 heavy (non-hydrogen) atoms. The van der Waals surface area contributed by atoms with Gasteiger partial charge in [-0.1, -0.05) is 6.07 Å². The van der Waals surface area contributed by atoms with E-state index in [1.807, 2.05) is 10.6 Å². The lowest BCUT2D eigenvalue weighted by Gasteiger charge is -2.44. The summed E-state index contributed by atoms with van der Waals surface area (Å²) in [7, 11) is -4.09. The molecule has 0 aliphatic carbocycles. The van der Waals surface area contributed by atoms with Crippen LogP contribution in [0, 0.1) is 11.8 Å². The van der Waals surface area contributed by atoms with E-state index in [1.165, 1.54) is 31.2 Å². The Balaban J connectivity index is 1.30. The molecule has 13 heteroatoms. The number of pyridine rings is 1. The van der Waals surface area contributed by atoms with Crippen LogP contribution in [0.25, 0.3) is 0 Å². The van der Waals surface area contributed by atoms with E-state index in [-0.39, 0.29) is 51.7 Å². The number of nitrogens with zero attached hydrogens (tertiary/aromatic N) is 3. The zero-order chi connectivity index (χ0) is 33.3. The van der Waals surface area contributed by atoms with E-state index in [0.717, 1.165) is 12.1 Å². The van der Waals surface area contributed by atoms with E-state index in [2.05, 4.69) is 14.9 Å². The van der Waals surface area contributed by atoms with Crippen LogP contribution < -0.4 is 20.5 Å². The zero-order valence-corrected chi connectivity index (χ0v) is 27.3. The normalized spacial score (nSPS) is 19.4. The molecular formula is C34H39N5O7S. The van der Waals surface area contributed by atoms with Crippen LogP contribution in [0.15, 0.2) is 70.4 Å². The van der Waals surface area contributed by atoms with Gasteiger partial charge < -0.3 is 24.4 Å². The van der Waals surface area contributed by atoms with Gasteiger partial charge in [-0.3, -0.25) is 23.9 Å². The highest BCUT2D eigenvalue weighted by molar-refractivity contribution is 7.92. The van der Waals surface area contributed by atoms with Gasteiger partial charge in [0.15, 0.2) is 0 Å². The zero-order valence-electron chi connectivity index (χ0n) is 26.5. The van der Waals surface area contributed by atoms with Crippen molar-refractivity contribution in [1.29, 1.82) is 0 Å². The summed E-state index contributed by atoms with van der Waals surface area (Å²) >= 11 is 0. The number of rotatable bonds is 8. The summed E-state index contributed by atoms with van der Waals surface area (Å²) in [6, 6.07) is 16.3. The highest BCUT2D eigenvalue weighted by Gasteiger charge is 2.36. The molecule has 0 saturated carbocycles. The predicted molar refractivity (Wildman–Crippen MR) is 177 cm³/mol. The van der Waals surface area contributed by atoms with Crippen LogP contribution in [0.2, 0.25) is 0 Å². The van der Waals surface area contributed by atoms with Crippen molar-refractivity contribution in [1.82, 2.24) is 9.47 Å². The van der Waals surface area contributed by atoms with E-state index < -0.39 is 10.0 Å². The number of sulfonamides is 1. The number of nitrogens with one attached hydrogen (secondary N) is 2. The average molecular weight is 662 g/mol. The van der Waals surface area contributed by atoms with E-state index >= 15 is 0 Å². The summed E-state index contributed by atoms with van der Waals surface area (Å²) in [6.07, 6.45) is 1.93. The molecule has 2 atom stereocenters. The Bertz CT molecular complexity index is 1850. The minimum atomic E-state index is -4.09. The first-order valence-electron chi connectivity index (χ1n) is 16.0. The van der Waals surface area contributed by atoms with Crippen LogP contribution in [0.1, 0.15) is 55.1 Å². The average Bonchev–Trinajstić information content (AvgIpc) is 3.05. The number of carbonyl (C=O) groups is 3. The second-order valence-electron chi connectivity index (χ2n) is 12.5. The fourth-order valence-electron chi connectivity index (χ4n) is 7.01. The summed E-state index contributed by atoms with van der Waals surface area (Å²) < 4.78 is 37.2.